The normalized spacial score (nSPS) is 12.2. The smallest absolute Gasteiger partial charge is 0.265 e. The van der Waals surface area contributed by atoms with Gasteiger partial charge in [-0.2, -0.15) is 10.2 Å². The molecule has 0 fully saturated rings. The van der Waals surface area contributed by atoms with Crippen molar-refractivity contribution in [3.8, 4) is 22.5 Å². The van der Waals surface area contributed by atoms with Gasteiger partial charge in [-0.3, -0.25) is 9.59 Å². The lowest BCUT2D eigenvalue weighted by Crippen LogP contribution is -2.30. The Balaban J connectivity index is 1.19. The van der Waals surface area contributed by atoms with Crippen molar-refractivity contribution in [1.29, 1.82) is 0 Å². The minimum atomic E-state index is -0.470. The number of halogens is 2. The van der Waals surface area contributed by atoms with E-state index in [0.29, 0.717) is 51.9 Å². The Morgan fingerprint density at radius 3 is 1.79 bits per heavy atom. The summed E-state index contributed by atoms with van der Waals surface area (Å²) in [6.07, 6.45) is 1.13. The summed E-state index contributed by atoms with van der Waals surface area (Å²) < 4.78 is 4.59. The molecule has 0 saturated carbocycles. The highest BCUT2D eigenvalue weighted by atomic mass is 35.5. The maximum atomic E-state index is 14.2. The van der Waals surface area contributed by atoms with Gasteiger partial charge in [0.15, 0.2) is 11.0 Å². The highest BCUT2D eigenvalue weighted by Crippen LogP contribution is 2.34. The molecule has 0 N–H and O–H groups in total. The lowest BCUT2D eigenvalue weighted by atomic mass is 9.97. The van der Waals surface area contributed by atoms with Gasteiger partial charge >= 0.3 is 0 Å². The van der Waals surface area contributed by atoms with Crippen LogP contribution in [0.2, 0.25) is 10.0 Å². The Kier molecular flexibility index (Phi) is 9.31. The van der Waals surface area contributed by atoms with E-state index >= 15 is 0 Å². The molecule has 1 unspecified atom stereocenters. The van der Waals surface area contributed by atoms with Crippen LogP contribution in [0.15, 0.2) is 113 Å². The van der Waals surface area contributed by atoms with E-state index in [2.05, 4.69) is 9.97 Å². The summed E-state index contributed by atoms with van der Waals surface area (Å²) >= 11 is 15.5. The molecule has 52 heavy (non-hydrogen) atoms. The Morgan fingerprint density at radius 1 is 0.635 bits per heavy atom. The van der Waals surface area contributed by atoms with Crippen molar-refractivity contribution in [2.45, 2.75) is 39.3 Å². The summed E-state index contributed by atoms with van der Waals surface area (Å²) in [4.78, 5) is 36.9. The number of hydrogen-bond donors (Lipinski definition) is 0. The van der Waals surface area contributed by atoms with Gasteiger partial charge < -0.3 is 0 Å². The van der Waals surface area contributed by atoms with E-state index < -0.39 is 6.04 Å². The zero-order valence-corrected chi connectivity index (χ0v) is 31.2. The van der Waals surface area contributed by atoms with Crippen molar-refractivity contribution in [3.05, 3.63) is 161 Å². The van der Waals surface area contributed by atoms with Crippen molar-refractivity contribution in [3.63, 3.8) is 0 Å². The van der Waals surface area contributed by atoms with Crippen LogP contribution in [-0.2, 0) is 19.4 Å². The van der Waals surface area contributed by atoms with Gasteiger partial charge in [-0.15, -0.1) is 22.7 Å². The first-order valence-corrected chi connectivity index (χ1v) is 19.0. The number of fused-ring (bicyclic) bond motifs is 2. The molecular formula is C40H30Cl2N6O2S2. The molecule has 0 radical (unpaired) electrons. The molecule has 0 aliphatic heterocycles. The molecule has 4 aromatic heterocycles. The largest absolute Gasteiger partial charge is 0.294 e. The third kappa shape index (κ3) is 6.70. The summed E-state index contributed by atoms with van der Waals surface area (Å²) in [5, 5.41) is 12.7. The summed E-state index contributed by atoms with van der Waals surface area (Å²) in [7, 11) is 0. The molecule has 4 aromatic carbocycles. The van der Waals surface area contributed by atoms with Crippen LogP contribution in [0, 0.1) is 13.8 Å². The van der Waals surface area contributed by atoms with E-state index in [1.54, 1.807) is 4.68 Å². The molecule has 0 aliphatic rings. The quantitative estimate of drug-likeness (QED) is 0.146. The predicted molar refractivity (Wildman–Crippen MR) is 212 cm³/mol. The fraction of sp³-hybridized carbons (Fsp3) is 0.150. The average molecular weight is 762 g/mol. The predicted octanol–water partition coefficient (Wildman–Crippen LogP) is 9.35. The molecule has 1 atom stereocenters. The van der Waals surface area contributed by atoms with Gasteiger partial charge in [0.25, 0.3) is 11.1 Å². The van der Waals surface area contributed by atoms with Gasteiger partial charge in [-0.05, 0) is 67.6 Å². The van der Waals surface area contributed by atoms with Crippen molar-refractivity contribution in [2.24, 2.45) is 0 Å². The second-order valence-corrected chi connectivity index (χ2v) is 15.8. The topological polar surface area (TPSA) is 95.6 Å². The first-order chi connectivity index (χ1) is 25.2. The minimum absolute atomic E-state index is 0.190. The highest BCUT2D eigenvalue weighted by molar-refractivity contribution is 7.19. The Labute approximate surface area is 316 Å². The third-order valence-electron chi connectivity index (χ3n) is 8.95. The number of thiazole rings is 2. The molecule has 0 saturated heterocycles. The van der Waals surface area contributed by atoms with Crippen molar-refractivity contribution in [2.75, 3.05) is 0 Å². The molecule has 8 rings (SSSR count). The lowest BCUT2D eigenvalue weighted by Gasteiger charge is -2.21. The molecule has 12 heteroatoms. The second-order valence-electron chi connectivity index (χ2n) is 12.5. The molecule has 8 aromatic rings. The standard InChI is InChI=1S/C40H30Cl2N6O2S2/c1-23-43-35-37(51-23)33(45-47(39(35)49)21-20-25-6-4-3-5-7-25)28-10-8-26(9-11-28)22-32(27-12-16-30(41)17-13-27)48-40(50)36-38(52-24(2)44-36)34(46-48)29-14-18-31(42)19-15-29/h3-19,32H,20-22H2,1-2H3. The Bertz CT molecular complexity index is 2690. The number of rotatable bonds is 9. The molecule has 258 valence electrons. The Morgan fingerprint density at radius 2 is 1.17 bits per heavy atom. The van der Waals surface area contributed by atoms with Crippen molar-refractivity contribution >= 4 is 66.3 Å². The molecule has 8 nitrogen and oxygen atoms in total. The fourth-order valence-corrected chi connectivity index (χ4v) is 8.47. The molecule has 0 amide bonds. The van der Waals surface area contributed by atoms with Crippen LogP contribution in [0.5, 0.6) is 0 Å². The number of nitrogens with zero attached hydrogens (tertiary/aromatic N) is 6. The van der Waals surface area contributed by atoms with Gasteiger partial charge in [-0.1, -0.05) is 102 Å². The van der Waals surface area contributed by atoms with Crippen molar-refractivity contribution in [1.82, 2.24) is 29.5 Å². The molecule has 0 bridgehead atoms. The minimum Gasteiger partial charge on any atom is -0.265 e. The molecular weight excluding hydrogens is 732 g/mol. The summed E-state index contributed by atoms with van der Waals surface area (Å²) in [6, 6.07) is 32.6. The van der Waals surface area contributed by atoms with E-state index in [4.69, 9.17) is 33.4 Å². The zero-order valence-electron chi connectivity index (χ0n) is 28.1. The number of benzene rings is 4. The van der Waals surface area contributed by atoms with E-state index in [-0.39, 0.29) is 11.1 Å². The average Bonchev–Trinajstić information content (AvgIpc) is 3.75. The van der Waals surface area contributed by atoms with Gasteiger partial charge in [-0.25, -0.2) is 19.3 Å². The SMILES string of the molecule is Cc1nc2c(=O)n(CCc3ccccc3)nc(-c3ccc(CC(c4ccc(Cl)cc4)n4nc(-c5ccc(Cl)cc5)c5sc(C)nc5c4=O)cc3)c2s1. The van der Waals surface area contributed by atoms with Crippen LogP contribution < -0.4 is 11.1 Å². The maximum absolute atomic E-state index is 14.2. The summed E-state index contributed by atoms with van der Waals surface area (Å²) in [5.41, 5.74) is 6.44. The molecule has 4 heterocycles. The number of aromatic nitrogens is 6. The first-order valence-electron chi connectivity index (χ1n) is 16.6. The highest BCUT2D eigenvalue weighted by Gasteiger charge is 2.24. The Hall–Kier alpha value is -5.00. The van der Waals surface area contributed by atoms with Crippen LogP contribution in [0.25, 0.3) is 42.9 Å². The van der Waals surface area contributed by atoms with Crippen molar-refractivity contribution < 1.29 is 0 Å². The first kappa shape index (κ1) is 34.1. The van der Waals surface area contributed by atoms with Gasteiger partial charge in [0.1, 0.15) is 11.4 Å². The fourth-order valence-electron chi connectivity index (χ4n) is 6.39. The molecule has 0 aliphatic carbocycles. The van der Waals surface area contributed by atoms with E-state index in [9.17, 15) is 9.59 Å². The number of hydrogen-bond acceptors (Lipinski definition) is 8. The van der Waals surface area contributed by atoms with Crippen LogP contribution in [0.4, 0.5) is 0 Å². The zero-order chi connectivity index (χ0) is 35.9. The van der Waals surface area contributed by atoms with Crippen LogP contribution >= 0.6 is 45.9 Å². The van der Waals surface area contributed by atoms with Gasteiger partial charge in [0.05, 0.1) is 25.5 Å². The monoisotopic (exact) mass is 760 g/mol. The summed E-state index contributed by atoms with van der Waals surface area (Å²) in [5.74, 6) is 0. The lowest BCUT2D eigenvalue weighted by molar-refractivity contribution is 0.499. The van der Waals surface area contributed by atoms with E-state index in [0.717, 1.165) is 47.2 Å². The van der Waals surface area contributed by atoms with Gasteiger partial charge in [0, 0.05) is 27.7 Å². The van der Waals surface area contributed by atoms with Crippen LogP contribution in [-0.4, -0.2) is 29.5 Å². The van der Waals surface area contributed by atoms with Crippen LogP contribution in [0.3, 0.4) is 0 Å². The van der Waals surface area contributed by atoms with Gasteiger partial charge in [0.2, 0.25) is 0 Å². The number of aryl methyl sites for hydroxylation is 4. The third-order valence-corrected chi connectivity index (χ3v) is 11.4. The van der Waals surface area contributed by atoms with Crippen LogP contribution in [0.1, 0.15) is 32.7 Å². The maximum Gasteiger partial charge on any atom is 0.294 e. The van der Waals surface area contributed by atoms with E-state index in [1.807, 2.05) is 117 Å². The molecule has 0 spiro atoms. The van der Waals surface area contributed by atoms with E-state index in [1.165, 1.54) is 27.4 Å². The second kappa shape index (κ2) is 14.2. The summed E-state index contributed by atoms with van der Waals surface area (Å²) in [6.45, 7) is 4.23.